The Balaban J connectivity index is 2.38. The van der Waals surface area contributed by atoms with Crippen LogP contribution < -0.4 is 5.32 Å². The standard InChI is InChI=1S/C15H20N2O2S/c1-12(2)11-20(19)9-5-8-15(18)17-14-7-4-3-6-13(14)10-16/h3-4,6-7,12H,5,8-9,11H2,1-2H3,(H,17,18). The van der Waals surface area contributed by atoms with Crippen LogP contribution in [0, 0.1) is 17.2 Å². The first-order chi connectivity index (χ1) is 9.52. The first kappa shape index (κ1) is 16.4. The van der Waals surface area contributed by atoms with E-state index in [0.29, 0.717) is 41.5 Å². The summed E-state index contributed by atoms with van der Waals surface area (Å²) in [6, 6.07) is 8.92. The summed E-state index contributed by atoms with van der Waals surface area (Å²) in [6.45, 7) is 4.06. The second-order valence-corrected chi connectivity index (χ2v) is 6.63. The van der Waals surface area contributed by atoms with E-state index in [0.717, 1.165) is 0 Å². The molecule has 108 valence electrons. The molecule has 0 aliphatic carbocycles. The molecule has 1 aromatic carbocycles. The van der Waals surface area contributed by atoms with Gasteiger partial charge >= 0.3 is 0 Å². The second-order valence-electron chi connectivity index (χ2n) is 5.01. The fraction of sp³-hybridized carbons (Fsp3) is 0.467. The average molecular weight is 292 g/mol. The van der Waals surface area contributed by atoms with Crippen LogP contribution in [-0.4, -0.2) is 21.6 Å². The molecule has 0 aliphatic heterocycles. The van der Waals surface area contributed by atoms with E-state index in [4.69, 9.17) is 5.26 Å². The van der Waals surface area contributed by atoms with Crippen LogP contribution in [0.25, 0.3) is 0 Å². The molecule has 0 saturated carbocycles. The number of carbonyl (C=O) groups excluding carboxylic acids is 1. The lowest BCUT2D eigenvalue weighted by Gasteiger charge is -2.07. The van der Waals surface area contributed by atoms with E-state index in [1.54, 1.807) is 24.3 Å². The van der Waals surface area contributed by atoms with Crippen molar-refractivity contribution in [2.75, 3.05) is 16.8 Å². The van der Waals surface area contributed by atoms with Gasteiger partial charge in [-0.1, -0.05) is 26.0 Å². The molecule has 20 heavy (non-hydrogen) atoms. The zero-order valence-corrected chi connectivity index (χ0v) is 12.7. The molecule has 1 atom stereocenters. The number of para-hydroxylation sites is 1. The maximum atomic E-state index is 11.8. The number of carbonyl (C=O) groups is 1. The number of benzene rings is 1. The van der Waals surface area contributed by atoms with Gasteiger partial charge in [0.2, 0.25) is 5.91 Å². The van der Waals surface area contributed by atoms with Gasteiger partial charge < -0.3 is 5.32 Å². The lowest BCUT2D eigenvalue weighted by Crippen LogP contribution is -2.14. The number of nitrogens with one attached hydrogen (secondary N) is 1. The first-order valence-electron chi connectivity index (χ1n) is 6.67. The van der Waals surface area contributed by atoms with Crippen LogP contribution in [0.3, 0.4) is 0 Å². The zero-order valence-electron chi connectivity index (χ0n) is 11.9. The van der Waals surface area contributed by atoms with Crippen LogP contribution in [-0.2, 0) is 15.6 Å². The van der Waals surface area contributed by atoms with E-state index in [2.05, 4.69) is 5.32 Å². The van der Waals surface area contributed by atoms with Crippen molar-refractivity contribution in [1.82, 2.24) is 0 Å². The van der Waals surface area contributed by atoms with Gasteiger partial charge in [0.25, 0.3) is 0 Å². The third-order valence-corrected chi connectivity index (χ3v) is 4.40. The van der Waals surface area contributed by atoms with E-state index in [9.17, 15) is 9.00 Å². The average Bonchev–Trinajstić information content (AvgIpc) is 2.38. The maximum Gasteiger partial charge on any atom is 0.224 e. The van der Waals surface area contributed by atoms with Crippen molar-refractivity contribution in [2.45, 2.75) is 26.7 Å². The summed E-state index contributed by atoms with van der Waals surface area (Å²) >= 11 is 0. The van der Waals surface area contributed by atoms with Gasteiger partial charge in [-0.15, -0.1) is 0 Å². The Hall–Kier alpha value is -1.67. The predicted octanol–water partition coefficient (Wildman–Crippen LogP) is 2.68. The molecule has 4 nitrogen and oxygen atoms in total. The van der Waals surface area contributed by atoms with Crippen molar-refractivity contribution in [3.05, 3.63) is 29.8 Å². The number of amides is 1. The molecule has 0 radical (unpaired) electrons. The first-order valence-corrected chi connectivity index (χ1v) is 8.15. The number of nitriles is 1. The van der Waals surface area contributed by atoms with Gasteiger partial charge in [0.1, 0.15) is 6.07 Å². The van der Waals surface area contributed by atoms with Crippen molar-refractivity contribution >= 4 is 22.4 Å². The molecular formula is C15H20N2O2S. The molecule has 5 heteroatoms. The van der Waals surface area contributed by atoms with E-state index in [-0.39, 0.29) is 5.91 Å². The van der Waals surface area contributed by atoms with Gasteiger partial charge in [-0.2, -0.15) is 5.26 Å². The molecule has 0 saturated heterocycles. The molecule has 0 fully saturated rings. The summed E-state index contributed by atoms with van der Waals surface area (Å²) in [5.74, 6) is 1.49. The van der Waals surface area contributed by atoms with Crippen LogP contribution >= 0.6 is 0 Å². The Morgan fingerprint density at radius 1 is 1.40 bits per heavy atom. The number of rotatable bonds is 7. The summed E-state index contributed by atoms with van der Waals surface area (Å²) in [5.41, 5.74) is 0.979. The monoisotopic (exact) mass is 292 g/mol. The second kappa shape index (κ2) is 8.49. The molecule has 0 aromatic heterocycles. The Morgan fingerprint density at radius 3 is 2.75 bits per heavy atom. The number of hydrogen-bond donors (Lipinski definition) is 1. The molecular weight excluding hydrogens is 272 g/mol. The third-order valence-electron chi connectivity index (χ3n) is 2.62. The van der Waals surface area contributed by atoms with Gasteiger partial charge in [0.15, 0.2) is 0 Å². The van der Waals surface area contributed by atoms with Crippen molar-refractivity contribution in [3.63, 3.8) is 0 Å². The summed E-state index contributed by atoms with van der Waals surface area (Å²) < 4.78 is 11.6. The van der Waals surface area contributed by atoms with Gasteiger partial charge in [-0.25, -0.2) is 0 Å². The fourth-order valence-corrected chi connectivity index (χ4v) is 3.13. The number of hydrogen-bond acceptors (Lipinski definition) is 3. The smallest absolute Gasteiger partial charge is 0.224 e. The Morgan fingerprint density at radius 2 is 2.10 bits per heavy atom. The van der Waals surface area contributed by atoms with E-state index < -0.39 is 10.8 Å². The quantitative estimate of drug-likeness (QED) is 0.840. The molecule has 0 aliphatic rings. The summed E-state index contributed by atoms with van der Waals surface area (Å²) in [7, 11) is -0.851. The molecule has 1 N–H and O–H groups in total. The highest BCUT2D eigenvalue weighted by Gasteiger charge is 2.08. The fourth-order valence-electron chi connectivity index (χ4n) is 1.75. The number of anilines is 1. The SMILES string of the molecule is CC(C)CS(=O)CCCC(=O)Nc1ccccc1C#N. The van der Waals surface area contributed by atoms with Crippen molar-refractivity contribution in [1.29, 1.82) is 5.26 Å². The third kappa shape index (κ3) is 5.98. The van der Waals surface area contributed by atoms with E-state index in [1.165, 1.54) is 0 Å². The zero-order chi connectivity index (χ0) is 15.0. The molecule has 1 rings (SSSR count). The molecule has 0 bridgehead atoms. The molecule has 0 heterocycles. The summed E-state index contributed by atoms with van der Waals surface area (Å²) in [4.78, 5) is 11.8. The van der Waals surface area contributed by atoms with Crippen LogP contribution in [0.1, 0.15) is 32.3 Å². The highest BCUT2D eigenvalue weighted by Crippen LogP contribution is 2.14. The molecule has 1 aromatic rings. The van der Waals surface area contributed by atoms with E-state index >= 15 is 0 Å². The highest BCUT2D eigenvalue weighted by molar-refractivity contribution is 7.84. The Labute approximate surface area is 122 Å². The van der Waals surface area contributed by atoms with Crippen LogP contribution in [0.2, 0.25) is 0 Å². The largest absolute Gasteiger partial charge is 0.325 e. The van der Waals surface area contributed by atoms with Crippen LogP contribution in [0.5, 0.6) is 0 Å². The van der Waals surface area contributed by atoms with Crippen molar-refractivity contribution in [3.8, 4) is 6.07 Å². The minimum Gasteiger partial charge on any atom is -0.325 e. The molecule has 0 spiro atoms. The molecule has 1 unspecified atom stereocenters. The lowest BCUT2D eigenvalue weighted by molar-refractivity contribution is -0.116. The Bertz CT molecular complexity index is 521. The van der Waals surface area contributed by atoms with E-state index in [1.807, 2.05) is 19.9 Å². The van der Waals surface area contributed by atoms with Crippen LogP contribution in [0.4, 0.5) is 5.69 Å². The van der Waals surface area contributed by atoms with Gasteiger partial charge in [0, 0.05) is 28.7 Å². The van der Waals surface area contributed by atoms with Crippen LogP contribution in [0.15, 0.2) is 24.3 Å². The molecule has 1 amide bonds. The minimum absolute atomic E-state index is 0.144. The maximum absolute atomic E-state index is 11.8. The Kier molecular flexibility index (Phi) is 6.96. The van der Waals surface area contributed by atoms with Gasteiger partial charge in [-0.3, -0.25) is 9.00 Å². The predicted molar refractivity (Wildman–Crippen MR) is 81.7 cm³/mol. The topological polar surface area (TPSA) is 70.0 Å². The van der Waals surface area contributed by atoms with Crippen molar-refractivity contribution < 1.29 is 9.00 Å². The van der Waals surface area contributed by atoms with Gasteiger partial charge in [-0.05, 0) is 24.5 Å². The summed E-state index contributed by atoms with van der Waals surface area (Å²) in [6.07, 6.45) is 0.920. The van der Waals surface area contributed by atoms with Crippen molar-refractivity contribution in [2.24, 2.45) is 5.92 Å². The lowest BCUT2D eigenvalue weighted by atomic mass is 10.2. The minimum atomic E-state index is -0.851. The highest BCUT2D eigenvalue weighted by atomic mass is 32.2. The van der Waals surface area contributed by atoms with Gasteiger partial charge in [0.05, 0.1) is 11.3 Å². The summed E-state index contributed by atoms with van der Waals surface area (Å²) in [5, 5.41) is 11.6. The normalized spacial score (nSPS) is 11.9. The number of nitrogens with zero attached hydrogens (tertiary/aromatic N) is 1.